The van der Waals surface area contributed by atoms with Gasteiger partial charge in [-0.2, -0.15) is 5.10 Å². The number of nitrogens with zero attached hydrogens (tertiary/aromatic N) is 2. The summed E-state index contributed by atoms with van der Waals surface area (Å²) in [7, 11) is 0. The predicted molar refractivity (Wildman–Crippen MR) is 96.8 cm³/mol. The van der Waals surface area contributed by atoms with Crippen LogP contribution in [0, 0.1) is 5.82 Å². The molecule has 0 unspecified atom stereocenters. The van der Waals surface area contributed by atoms with Gasteiger partial charge in [-0.15, -0.1) is 0 Å². The monoisotopic (exact) mass is 378 g/mol. The number of hydrogen-bond acceptors (Lipinski definition) is 2. The Hall–Kier alpha value is -2.57. The number of hydrogen-bond donors (Lipinski definition) is 2. The Balaban J connectivity index is 1.61. The molecule has 0 radical (unpaired) electrons. The normalized spacial score (nSPS) is 10.5. The standard InChI is InChI=1S/C17H13Cl2FN4O/c18-12-2-5-14(6-3-12)21-17(25)22-16-7-8-24(23-16)10-11-1-4-13(20)9-15(11)19/h1-9H,10H2,(H2,21,22,23,25). The fourth-order valence-corrected chi connectivity index (χ4v) is 2.51. The molecule has 2 aromatic carbocycles. The highest BCUT2D eigenvalue weighted by atomic mass is 35.5. The highest BCUT2D eigenvalue weighted by Crippen LogP contribution is 2.19. The van der Waals surface area contributed by atoms with E-state index in [1.54, 1.807) is 47.3 Å². The molecule has 0 saturated carbocycles. The molecule has 0 aliphatic heterocycles. The molecule has 1 heterocycles. The van der Waals surface area contributed by atoms with Crippen molar-refractivity contribution in [1.82, 2.24) is 9.78 Å². The number of amides is 2. The van der Waals surface area contributed by atoms with E-state index in [2.05, 4.69) is 15.7 Å². The fourth-order valence-electron chi connectivity index (χ4n) is 2.15. The van der Waals surface area contributed by atoms with Gasteiger partial charge in [0, 0.05) is 28.0 Å². The van der Waals surface area contributed by atoms with Gasteiger partial charge in [0.15, 0.2) is 5.82 Å². The molecule has 5 nitrogen and oxygen atoms in total. The second kappa shape index (κ2) is 7.55. The molecule has 2 amide bonds. The predicted octanol–water partition coefficient (Wildman–Crippen LogP) is 5.02. The topological polar surface area (TPSA) is 59.0 Å². The van der Waals surface area contributed by atoms with Crippen molar-refractivity contribution < 1.29 is 9.18 Å². The molecular weight excluding hydrogens is 366 g/mol. The lowest BCUT2D eigenvalue weighted by molar-refractivity contribution is 0.262. The van der Waals surface area contributed by atoms with E-state index in [-0.39, 0.29) is 0 Å². The second-order valence-corrected chi connectivity index (χ2v) is 6.06. The summed E-state index contributed by atoms with van der Waals surface area (Å²) in [6, 6.07) is 12.2. The minimum Gasteiger partial charge on any atom is -0.308 e. The van der Waals surface area contributed by atoms with Crippen molar-refractivity contribution in [2.45, 2.75) is 6.54 Å². The largest absolute Gasteiger partial charge is 0.324 e. The molecule has 0 fully saturated rings. The van der Waals surface area contributed by atoms with Crippen molar-refractivity contribution >= 4 is 40.7 Å². The minimum atomic E-state index is -0.424. The van der Waals surface area contributed by atoms with Crippen LogP contribution in [0.15, 0.2) is 54.7 Å². The molecule has 0 bridgehead atoms. The van der Waals surface area contributed by atoms with Crippen molar-refractivity contribution in [3.05, 3.63) is 76.2 Å². The van der Waals surface area contributed by atoms with Crippen LogP contribution in [0.4, 0.5) is 20.7 Å². The SMILES string of the molecule is O=C(Nc1ccc(Cl)cc1)Nc1ccn(Cc2ccc(F)cc2Cl)n1. The van der Waals surface area contributed by atoms with E-state index in [4.69, 9.17) is 23.2 Å². The third-order valence-corrected chi connectivity index (χ3v) is 3.94. The van der Waals surface area contributed by atoms with E-state index in [9.17, 15) is 9.18 Å². The average Bonchev–Trinajstić information content (AvgIpc) is 2.99. The first kappa shape index (κ1) is 17.3. The quantitative estimate of drug-likeness (QED) is 0.669. The molecule has 25 heavy (non-hydrogen) atoms. The van der Waals surface area contributed by atoms with Gasteiger partial charge in [0.2, 0.25) is 0 Å². The van der Waals surface area contributed by atoms with Crippen LogP contribution in [0.2, 0.25) is 10.0 Å². The van der Waals surface area contributed by atoms with Crippen molar-refractivity contribution in [3.63, 3.8) is 0 Å². The van der Waals surface area contributed by atoms with E-state index < -0.39 is 11.8 Å². The summed E-state index contributed by atoms with van der Waals surface area (Å²) in [6.45, 7) is 0.361. The number of aromatic nitrogens is 2. The van der Waals surface area contributed by atoms with Gasteiger partial charge in [-0.3, -0.25) is 10.00 Å². The van der Waals surface area contributed by atoms with Crippen molar-refractivity contribution in [3.8, 4) is 0 Å². The van der Waals surface area contributed by atoms with E-state index in [1.807, 2.05) is 0 Å². The molecule has 0 aliphatic rings. The summed E-state index contributed by atoms with van der Waals surface area (Å²) in [5.74, 6) is -0.0138. The third-order valence-electron chi connectivity index (χ3n) is 3.33. The van der Waals surface area contributed by atoms with E-state index >= 15 is 0 Å². The molecule has 2 N–H and O–H groups in total. The lowest BCUT2D eigenvalue weighted by atomic mass is 10.2. The Morgan fingerprint density at radius 1 is 1.08 bits per heavy atom. The molecule has 0 atom stereocenters. The Morgan fingerprint density at radius 3 is 2.56 bits per heavy atom. The van der Waals surface area contributed by atoms with Crippen LogP contribution in [0.1, 0.15) is 5.56 Å². The van der Waals surface area contributed by atoms with Gasteiger partial charge in [-0.1, -0.05) is 29.3 Å². The van der Waals surface area contributed by atoms with Crippen LogP contribution in [0.5, 0.6) is 0 Å². The molecule has 0 aliphatic carbocycles. The van der Waals surface area contributed by atoms with Crippen LogP contribution in [-0.2, 0) is 6.54 Å². The smallest absolute Gasteiger partial charge is 0.308 e. The molecule has 3 rings (SSSR count). The van der Waals surface area contributed by atoms with Gasteiger partial charge in [-0.25, -0.2) is 9.18 Å². The number of benzene rings is 2. The van der Waals surface area contributed by atoms with Gasteiger partial charge in [0.05, 0.1) is 6.54 Å². The molecule has 3 aromatic rings. The number of nitrogens with one attached hydrogen (secondary N) is 2. The number of urea groups is 1. The number of halogens is 3. The first-order valence-electron chi connectivity index (χ1n) is 7.30. The Kier molecular flexibility index (Phi) is 5.21. The molecule has 1 aromatic heterocycles. The van der Waals surface area contributed by atoms with Gasteiger partial charge in [-0.05, 0) is 42.0 Å². The summed E-state index contributed by atoms with van der Waals surface area (Å²) in [5.41, 5.74) is 1.34. The first-order chi connectivity index (χ1) is 12.0. The van der Waals surface area contributed by atoms with Crippen LogP contribution >= 0.6 is 23.2 Å². The Morgan fingerprint density at radius 2 is 1.84 bits per heavy atom. The molecule has 0 saturated heterocycles. The summed E-state index contributed by atoms with van der Waals surface area (Å²) in [6.07, 6.45) is 1.69. The van der Waals surface area contributed by atoms with Gasteiger partial charge < -0.3 is 5.32 Å². The number of anilines is 2. The number of rotatable bonds is 4. The van der Waals surface area contributed by atoms with Crippen LogP contribution in [-0.4, -0.2) is 15.8 Å². The average molecular weight is 379 g/mol. The maximum Gasteiger partial charge on any atom is 0.324 e. The van der Waals surface area contributed by atoms with Gasteiger partial charge in [0.25, 0.3) is 0 Å². The highest BCUT2D eigenvalue weighted by molar-refractivity contribution is 6.31. The van der Waals surface area contributed by atoms with Gasteiger partial charge >= 0.3 is 6.03 Å². The summed E-state index contributed by atoms with van der Waals surface area (Å²) in [4.78, 5) is 12.0. The lowest BCUT2D eigenvalue weighted by Crippen LogP contribution is -2.19. The first-order valence-corrected chi connectivity index (χ1v) is 8.06. The van der Waals surface area contributed by atoms with Crippen molar-refractivity contribution in [2.24, 2.45) is 0 Å². The zero-order valence-electron chi connectivity index (χ0n) is 12.8. The second-order valence-electron chi connectivity index (χ2n) is 5.22. The Labute approximate surface area is 153 Å². The minimum absolute atomic E-state index is 0.325. The number of carbonyl (C=O) groups excluding carboxylic acids is 1. The number of carbonyl (C=O) groups is 1. The van der Waals surface area contributed by atoms with Crippen molar-refractivity contribution in [1.29, 1.82) is 0 Å². The van der Waals surface area contributed by atoms with Crippen molar-refractivity contribution in [2.75, 3.05) is 10.6 Å². The van der Waals surface area contributed by atoms with Crippen LogP contribution < -0.4 is 10.6 Å². The summed E-state index contributed by atoms with van der Waals surface area (Å²) in [5, 5.41) is 10.4. The third kappa shape index (κ3) is 4.71. The molecule has 0 spiro atoms. The maximum atomic E-state index is 13.1. The fraction of sp³-hybridized carbons (Fsp3) is 0.0588. The zero-order valence-corrected chi connectivity index (χ0v) is 14.4. The summed E-state index contributed by atoms with van der Waals surface area (Å²) < 4.78 is 14.7. The van der Waals surface area contributed by atoms with Gasteiger partial charge in [0.1, 0.15) is 5.82 Å². The van der Waals surface area contributed by atoms with Crippen LogP contribution in [0.3, 0.4) is 0 Å². The summed E-state index contributed by atoms with van der Waals surface area (Å²) >= 11 is 11.8. The lowest BCUT2D eigenvalue weighted by Gasteiger charge is -2.06. The van der Waals surface area contributed by atoms with E-state index in [1.165, 1.54) is 12.1 Å². The zero-order chi connectivity index (χ0) is 17.8. The van der Waals surface area contributed by atoms with Crippen LogP contribution in [0.25, 0.3) is 0 Å². The van der Waals surface area contributed by atoms with E-state index in [0.717, 1.165) is 5.56 Å². The highest BCUT2D eigenvalue weighted by Gasteiger charge is 2.07. The maximum absolute atomic E-state index is 13.1. The Bertz CT molecular complexity index is 896. The molecular formula is C17H13Cl2FN4O. The van der Waals surface area contributed by atoms with E-state index in [0.29, 0.717) is 28.1 Å². The molecule has 128 valence electrons. The molecule has 8 heteroatoms.